The van der Waals surface area contributed by atoms with E-state index in [1.54, 1.807) is 7.05 Å². The van der Waals surface area contributed by atoms with E-state index in [0.29, 0.717) is 5.92 Å². The molecule has 82 valence electrons. The molecule has 1 unspecified atom stereocenters. The van der Waals surface area contributed by atoms with Gasteiger partial charge in [0.25, 0.3) is 0 Å². The van der Waals surface area contributed by atoms with Gasteiger partial charge in [0.15, 0.2) is 0 Å². The normalized spacial score (nSPS) is 17.9. The zero-order valence-electron chi connectivity index (χ0n) is 9.17. The van der Waals surface area contributed by atoms with Gasteiger partial charge in [-0.25, -0.2) is 4.79 Å². The van der Waals surface area contributed by atoms with E-state index < -0.39 is 0 Å². The number of rotatable bonds is 1. The number of hydrogen-bond acceptors (Lipinski definition) is 3. The molecule has 1 aromatic heterocycles. The Morgan fingerprint density at radius 1 is 1.44 bits per heavy atom. The second-order valence-electron chi connectivity index (χ2n) is 3.30. The number of tetrazole rings is 1. The van der Waals surface area contributed by atoms with Crippen molar-refractivity contribution in [2.75, 3.05) is 0 Å². The van der Waals surface area contributed by atoms with E-state index in [9.17, 15) is 4.79 Å². The standard InChI is InChI=1S/C9H11N4O.BrH.Mg/c1-7-4-3-5-8(6-7)13-9(14)12(2)10-11-13;;/h3-7H,1-2H3;1H;/q-1;;+2/p-1. The van der Waals surface area contributed by atoms with Gasteiger partial charge in [-0.2, -0.15) is 21.9 Å². The maximum absolute atomic E-state index is 11.5. The molecule has 0 spiro atoms. The summed E-state index contributed by atoms with van der Waals surface area (Å²) in [5.41, 5.74) is 0.549. The van der Waals surface area contributed by atoms with Gasteiger partial charge < -0.3 is 17.0 Å². The van der Waals surface area contributed by atoms with Crippen molar-refractivity contribution in [1.82, 2.24) is 19.8 Å². The molecule has 5 nitrogen and oxygen atoms in total. The van der Waals surface area contributed by atoms with E-state index in [1.807, 2.05) is 31.6 Å². The molecule has 1 atom stereocenters. The van der Waals surface area contributed by atoms with Crippen molar-refractivity contribution in [3.63, 3.8) is 0 Å². The smallest absolute Gasteiger partial charge is 1.00 e. The number of allylic oxidation sites excluding steroid dienone is 4. The Balaban J connectivity index is 0.00000112. The fourth-order valence-electron chi connectivity index (χ4n) is 1.33. The Hall–Kier alpha value is -0.534. The Kier molecular flexibility index (Phi) is 6.05. The van der Waals surface area contributed by atoms with Gasteiger partial charge in [0, 0.05) is 7.05 Å². The molecule has 0 aromatic carbocycles. The molecule has 0 saturated carbocycles. The molecule has 1 heterocycles. The van der Waals surface area contributed by atoms with Crippen LogP contribution in [0.2, 0.25) is 0 Å². The van der Waals surface area contributed by atoms with Crippen LogP contribution in [0.3, 0.4) is 0 Å². The van der Waals surface area contributed by atoms with Gasteiger partial charge in [0.05, 0.1) is 0 Å². The minimum absolute atomic E-state index is 0. The van der Waals surface area contributed by atoms with Gasteiger partial charge in [-0.15, -0.1) is 12.2 Å². The molecule has 1 aliphatic rings. The molecule has 0 saturated heterocycles. The van der Waals surface area contributed by atoms with Crippen LogP contribution in [-0.2, 0) is 7.05 Å². The Morgan fingerprint density at radius 3 is 2.62 bits per heavy atom. The maximum Gasteiger partial charge on any atom is 2.00 e. The summed E-state index contributed by atoms with van der Waals surface area (Å²) in [6.07, 6.45) is 7.78. The summed E-state index contributed by atoms with van der Waals surface area (Å²) < 4.78 is 2.50. The van der Waals surface area contributed by atoms with E-state index >= 15 is 0 Å². The maximum atomic E-state index is 11.5. The van der Waals surface area contributed by atoms with Crippen molar-refractivity contribution >= 4 is 28.7 Å². The Bertz CT molecular complexity index is 462. The van der Waals surface area contributed by atoms with Crippen molar-refractivity contribution < 1.29 is 17.0 Å². The molecular formula is C9H11BrMgN4O. The monoisotopic (exact) mass is 294 g/mol. The molecule has 1 aliphatic carbocycles. The molecule has 0 amide bonds. The number of aromatic nitrogens is 4. The van der Waals surface area contributed by atoms with Crippen LogP contribution in [0, 0.1) is 12.3 Å². The molecule has 0 fully saturated rings. The second kappa shape index (κ2) is 6.26. The molecule has 0 radical (unpaired) electrons. The van der Waals surface area contributed by atoms with Crippen LogP contribution in [-0.4, -0.2) is 42.8 Å². The number of halogens is 1. The van der Waals surface area contributed by atoms with E-state index in [0.717, 1.165) is 5.70 Å². The molecule has 0 N–H and O–H groups in total. The SMILES string of the molecule is CC1C=CC=C(n2nnn(C)c2=O)[CH-]1.[Br-].[Mg+2]. The van der Waals surface area contributed by atoms with E-state index in [4.69, 9.17) is 0 Å². The van der Waals surface area contributed by atoms with Crippen LogP contribution in [0.5, 0.6) is 0 Å². The first-order valence-electron chi connectivity index (χ1n) is 4.41. The predicted octanol–water partition coefficient (Wildman–Crippen LogP) is -3.15. The third kappa shape index (κ3) is 2.99. The number of aryl methyl sites for hydroxylation is 1. The molecule has 16 heavy (non-hydrogen) atoms. The molecule has 0 aliphatic heterocycles. The van der Waals surface area contributed by atoms with Crippen molar-refractivity contribution in [2.24, 2.45) is 13.0 Å². The van der Waals surface area contributed by atoms with Gasteiger partial charge in [-0.1, -0.05) is 18.5 Å². The first-order chi connectivity index (χ1) is 6.68. The Morgan fingerprint density at radius 2 is 2.12 bits per heavy atom. The first-order valence-corrected chi connectivity index (χ1v) is 4.41. The molecule has 1 aromatic rings. The third-order valence-electron chi connectivity index (χ3n) is 2.08. The topological polar surface area (TPSA) is 52.7 Å². The van der Waals surface area contributed by atoms with Crippen LogP contribution in [0.4, 0.5) is 0 Å². The summed E-state index contributed by atoms with van der Waals surface area (Å²) in [5.74, 6) is 0.323. The van der Waals surface area contributed by atoms with Crippen molar-refractivity contribution in [3.8, 4) is 0 Å². The van der Waals surface area contributed by atoms with Gasteiger partial charge in [0.1, 0.15) is 0 Å². The number of hydrogen-bond donors (Lipinski definition) is 0. The zero-order chi connectivity index (χ0) is 10.1. The van der Waals surface area contributed by atoms with Crippen molar-refractivity contribution in [3.05, 3.63) is 35.1 Å². The molecular weight excluding hydrogens is 284 g/mol. The van der Waals surface area contributed by atoms with Gasteiger partial charge in [0.2, 0.25) is 0 Å². The van der Waals surface area contributed by atoms with E-state index in [2.05, 4.69) is 10.4 Å². The van der Waals surface area contributed by atoms with Crippen LogP contribution in [0.25, 0.3) is 5.70 Å². The van der Waals surface area contributed by atoms with Crippen molar-refractivity contribution in [1.29, 1.82) is 0 Å². The molecule has 0 bridgehead atoms. The van der Waals surface area contributed by atoms with Gasteiger partial charge >= 0.3 is 28.7 Å². The molecule has 2 rings (SSSR count). The molecule has 7 heteroatoms. The average molecular weight is 295 g/mol. The first kappa shape index (κ1) is 15.5. The van der Waals surface area contributed by atoms with Crippen LogP contribution in [0.1, 0.15) is 6.92 Å². The summed E-state index contributed by atoms with van der Waals surface area (Å²) in [6.45, 7) is 2.05. The van der Waals surface area contributed by atoms with Crippen LogP contribution < -0.4 is 22.7 Å². The minimum atomic E-state index is -0.227. The van der Waals surface area contributed by atoms with E-state index in [1.165, 1.54) is 9.36 Å². The summed E-state index contributed by atoms with van der Waals surface area (Å²) in [4.78, 5) is 11.5. The second-order valence-corrected chi connectivity index (χ2v) is 3.30. The van der Waals surface area contributed by atoms with Crippen molar-refractivity contribution in [2.45, 2.75) is 6.92 Å². The summed E-state index contributed by atoms with van der Waals surface area (Å²) >= 11 is 0. The quantitative estimate of drug-likeness (QED) is 0.406. The van der Waals surface area contributed by atoms with Gasteiger partial charge in [-0.05, 0) is 10.4 Å². The minimum Gasteiger partial charge on any atom is -1.00 e. The summed E-state index contributed by atoms with van der Waals surface area (Å²) in [5, 5.41) is 7.41. The van der Waals surface area contributed by atoms with Gasteiger partial charge in [-0.3, -0.25) is 0 Å². The zero-order valence-corrected chi connectivity index (χ0v) is 12.2. The number of nitrogens with zero attached hydrogens (tertiary/aromatic N) is 4. The van der Waals surface area contributed by atoms with E-state index in [-0.39, 0.29) is 45.7 Å². The summed E-state index contributed by atoms with van der Waals surface area (Å²) in [6, 6.07) is 0. The fourth-order valence-corrected chi connectivity index (χ4v) is 1.33. The predicted molar refractivity (Wildman–Crippen MR) is 57.9 cm³/mol. The third-order valence-corrected chi connectivity index (χ3v) is 2.08. The average Bonchev–Trinajstić information content (AvgIpc) is 2.48. The van der Waals surface area contributed by atoms with Crippen LogP contribution in [0.15, 0.2) is 23.0 Å². The summed E-state index contributed by atoms with van der Waals surface area (Å²) in [7, 11) is 1.58. The fraction of sp³-hybridized carbons (Fsp3) is 0.333. The van der Waals surface area contributed by atoms with Crippen LogP contribution >= 0.6 is 0 Å². The largest absolute Gasteiger partial charge is 2.00 e. The Labute approximate surface area is 120 Å².